The van der Waals surface area contributed by atoms with Crippen LogP contribution in [-0.4, -0.2) is 22.4 Å². The van der Waals surface area contributed by atoms with Gasteiger partial charge in [-0.25, -0.2) is 9.97 Å². The van der Waals surface area contributed by atoms with Gasteiger partial charge in [-0.2, -0.15) is 0 Å². The fraction of sp³-hybridized carbons (Fsp3) is 0.357. The maximum absolute atomic E-state index is 12.3. The molecule has 0 aliphatic rings. The molecule has 0 spiro atoms. The number of nitrogens with one attached hydrogen (secondary N) is 2. The molecule has 21 heavy (non-hydrogen) atoms. The number of pyridine rings is 1. The molecule has 0 aliphatic heterocycles. The van der Waals surface area contributed by atoms with Gasteiger partial charge in [0.05, 0.1) is 6.04 Å². The predicted octanol–water partition coefficient (Wildman–Crippen LogP) is 3.42. The summed E-state index contributed by atoms with van der Waals surface area (Å²) in [5, 5.41) is 9.10. The van der Waals surface area contributed by atoms with Crippen LogP contribution < -0.4 is 10.6 Å². The third kappa shape index (κ3) is 4.15. The van der Waals surface area contributed by atoms with Crippen LogP contribution in [-0.2, 0) is 0 Å². The fourth-order valence-electron chi connectivity index (χ4n) is 1.81. The van der Waals surface area contributed by atoms with Crippen molar-refractivity contribution in [3.8, 4) is 0 Å². The lowest BCUT2D eigenvalue weighted by molar-refractivity contribution is 0.0939. The summed E-state index contributed by atoms with van der Waals surface area (Å²) in [6, 6.07) is 3.09. The molecule has 0 bridgehead atoms. The molecule has 2 aromatic rings. The number of carbonyl (C=O) groups excluding carboxylic acids is 1. The molecule has 0 aromatic carbocycles. The van der Waals surface area contributed by atoms with Gasteiger partial charge in [-0.05, 0) is 32.9 Å². The molecule has 0 radical (unpaired) electrons. The van der Waals surface area contributed by atoms with Gasteiger partial charge in [0.25, 0.3) is 5.91 Å². The molecule has 1 atom stereocenters. The number of thiazole rings is 1. The Morgan fingerprint density at radius 3 is 2.81 bits per heavy atom. The molecule has 0 fully saturated rings. The van der Waals surface area contributed by atoms with Crippen LogP contribution in [0.5, 0.6) is 0 Å². The Morgan fingerprint density at radius 2 is 2.19 bits per heavy atom. The van der Waals surface area contributed by atoms with E-state index in [2.05, 4.69) is 20.6 Å². The number of amides is 1. The number of rotatable bonds is 5. The Kier molecular flexibility index (Phi) is 5.14. The van der Waals surface area contributed by atoms with Crippen molar-refractivity contribution in [2.75, 3.05) is 11.9 Å². The molecule has 1 unspecified atom stereocenters. The van der Waals surface area contributed by atoms with Gasteiger partial charge in [0.1, 0.15) is 16.0 Å². The monoisotopic (exact) mass is 324 g/mol. The van der Waals surface area contributed by atoms with E-state index in [1.165, 1.54) is 11.3 Å². The number of aromatic nitrogens is 2. The largest absolute Gasteiger partial charge is 0.370 e. The summed E-state index contributed by atoms with van der Waals surface area (Å²) in [7, 11) is 0. The van der Waals surface area contributed by atoms with Crippen LogP contribution in [0.15, 0.2) is 17.5 Å². The van der Waals surface area contributed by atoms with E-state index >= 15 is 0 Å². The Labute approximate surface area is 132 Å². The van der Waals surface area contributed by atoms with Crippen LogP contribution in [0.25, 0.3) is 0 Å². The van der Waals surface area contributed by atoms with E-state index < -0.39 is 0 Å². The number of nitrogens with zero attached hydrogens (tertiary/aromatic N) is 2. The zero-order valence-corrected chi connectivity index (χ0v) is 13.7. The number of carbonyl (C=O) groups is 1. The smallest absolute Gasteiger partial charge is 0.252 e. The summed E-state index contributed by atoms with van der Waals surface area (Å²) < 4.78 is 0. The lowest BCUT2D eigenvalue weighted by Crippen LogP contribution is -2.26. The van der Waals surface area contributed by atoms with Crippen molar-refractivity contribution in [2.45, 2.75) is 26.8 Å². The third-order valence-electron chi connectivity index (χ3n) is 2.77. The van der Waals surface area contributed by atoms with E-state index in [0.717, 1.165) is 10.7 Å². The van der Waals surface area contributed by atoms with E-state index in [0.29, 0.717) is 17.9 Å². The van der Waals surface area contributed by atoms with Crippen LogP contribution in [0, 0.1) is 6.92 Å². The standard InChI is InChI=1S/C14H17ClN4OS/c1-4-16-12-6-10(5-11(15)19-12)13(20)18-9(3)14-17-8(2)7-21-14/h5-7,9H,4H2,1-3H3,(H,16,19)(H,18,20). The molecular formula is C14H17ClN4OS. The molecule has 112 valence electrons. The number of hydrogen-bond acceptors (Lipinski definition) is 5. The fourth-order valence-corrected chi connectivity index (χ4v) is 2.82. The maximum atomic E-state index is 12.3. The van der Waals surface area contributed by atoms with Gasteiger partial charge >= 0.3 is 0 Å². The molecule has 2 N–H and O–H groups in total. The Balaban J connectivity index is 2.12. The van der Waals surface area contributed by atoms with E-state index in [1.807, 2.05) is 26.2 Å². The van der Waals surface area contributed by atoms with Crippen LogP contribution in [0.2, 0.25) is 5.15 Å². The second kappa shape index (κ2) is 6.87. The zero-order valence-electron chi connectivity index (χ0n) is 12.1. The van der Waals surface area contributed by atoms with Crippen molar-refractivity contribution >= 4 is 34.7 Å². The van der Waals surface area contributed by atoms with Crippen molar-refractivity contribution in [3.63, 3.8) is 0 Å². The van der Waals surface area contributed by atoms with Gasteiger partial charge in [0.2, 0.25) is 0 Å². The summed E-state index contributed by atoms with van der Waals surface area (Å²) in [6.07, 6.45) is 0. The summed E-state index contributed by atoms with van der Waals surface area (Å²) in [5.41, 5.74) is 1.43. The van der Waals surface area contributed by atoms with Gasteiger partial charge in [-0.15, -0.1) is 11.3 Å². The predicted molar refractivity (Wildman–Crippen MR) is 86.1 cm³/mol. The number of aryl methyl sites for hydroxylation is 1. The molecule has 0 saturated carbocycles. The summed E-state index contributed by atoms with van der Waals surface area (Å²) in [4.78, 5) is 20.8. The average molecular weight is 325 g/mol. The molecule has 1 amide bonds. The van der Waals surface area contributed by atoms with E-state index in [4.69, 9.17) is 11.6 Å². The summed E-state index contributed by atoms with van der Waals surface area (Å²) >= 11 is 7.48. The highest BCUT2D eigenvalue weighted by Gasteiger charge is 2.15. The highest BCUT2D eigenvalue weighted by molar-refractivity contribution is 7.09. The SMILES string of the molecule is CCNc1cc(C(=O)NC(C)c2nc(C)cs2)cc(Cl)n1. The first-order chi connectivity index (χ1) is 9.99. The molecule has 7 heteroatoms. The van der Waals surface area contributed by atoms with Crippen LogP contribution in [0.4, 0.5) is 5.82 Å². The van der Waals surface area contributed by atoms with Gasteiger partial charge in [-0.1, -0.05) is 11.6 Å². The zero-order chi connectivity index (χ0) is 15.4. The minimum absolute atomic E-state index is 0.147. The highest BCUT2D eigenvalue weighted by atomic mass is 35.5. The first-order valence-corrected chi connectivity index (χ1v) is 7.89. The quantitative estimate of drug-likeness (QED) is 0.827. The summed E-state index contributed by atoms with van der Waals surface area (Å²) in [5.74, 6) is 0.395. The second-order valence-electron chi connectivity index (χ2n) is 4.62. The lowest BCUT2D eigenvalue weighted by Gasteiger charge is -2.12. The van der Waals surface area contributed by atoms with Crippen LogP contribution >= 0.6 is 22.9 Å². The molecule has 0 aliphatic carbocycles. The highest BCUT2D eigenvalue weighted by Crippen LogP contribution is 2.19. The lowest BCUT2D eigenvalue weighted by atomic mass is 10.2. The first-order valence-electron chi connectivity index (χ1n) is 6.64. The normalized spacial score (nSPS) is 12.0. The topological polar surface area (TPSA) is 66.9 Å². The Hall–Kier alpha value is -1.66. The van der Waals surface area contributed by atoms with Gasteiger partial charge in [0.15, 0.2) is 0 Å². The first kappa shape index (κ1) is 15.7. The number of halogens is 1. The summed E-state index contributed by atoms with van der Waals surface area (Å²) in [6.45, 7) is 6.50. The van der Waals surface area contributed by atoms with Crippen molar-refractivity contribution in [1.29, 1.82) is 0 Å². The van der Waals surface area contributed by atoms with Gasteiger partial charge < -0.3 is 10.6 Å². The van der Waals surface area contributed by atoms with E-state index in [9.17, 15) is 4.79 Å². The maximum Gasteiger partial charge on any atom is 0.252 e. The number of hydrogen-bond donors (Lipinski definition) is 2. The van der Waals surface area contributed by atoms with Crippen molar-refractivity contribution in [2.24, 2.45) is 0 Å². The molecule has 5 nitrogen and oxygen atoms in total. The third-order valence-corrected chi connectivity index (χ3v) is 4.11. The van der Waals surface area contributed by atoms with Crippen LogP contribution in [0.1, 0.15) is 40.9 Å². The minimum atomic E-state index is -0.196. The molecule has 2 rings (SSSR count). The Bertz CT molecular complexity index is 644. The van der Waals surface area contributed by atoms with Crippen molar-refractivity contribution in [1.82, 2.24) is 15.3 Å². The number of anilines is 1. The van der Waals surface area contributed by atoms with Crippen molar-refractivity contribution < 1.29 is 4.79 Å². The van der Waals surface area contributed by atoms with Gasteiger partial charge in [-0.3, -0.25) is 4.79 Å². The average Bonchev–Trinajstić information content (AvgIpc) is 2.85. The molecule has 2 aromatic heterocycles. The van der Waals surface area contributed by atoms with Crippen LogP contribution in [0.3, 0.4) is 0 Å². The van der Waals surface area contributed by atoms with E-state index in [-0.39, 0.29) is 17.1 Å². The van der Waals surface area contributed by atoms with E-state index in [1.54, 1.807) is 12.1 Å². The molecule has 0 saturated heterocycles. The minimum Gasteiger partial charge on any atom is -0.370 e. The second-order valence-corrected chi connectivity index (χ2v) is 5.89. The van der Waals surface area contributed by atoms with Crippen molar-refractivity contribution in [3.05, 3.63) is 38.9 Å². The van der Waals surface area contributed by atoms with Gasteiger partial charge in [0, 0.05) is 23.2 Å². The Morgan fingerprint density at radius 1 is 1.43 bits per heavy atom. The molecular weight excluding hydrogens is 308 g/mol. The molecule has 2 heterocycles.